The Labute approximate surface area is 98.4 Å². The van der Waals surface area contributed by atoms with Crippen molar-refractivity contribution >= 4 is 11.5 Å². The monoisotopic (exact) mass is 234 g/mol. The lowest BCUT2D eigenvalue weighted by Gasteiger charge is -2.25. The molecule has 0 saturated carbocycles. The van der Waals surface area contributed by atoms with Gasteiger partial charge in [-0.1, -0.05) is 0 Å². The highest BCUT2D eigenvalue weighted by atomic mass is 16.4. The third-order valence-electron chi connectivity index (χ3n) is 3.02. The van der Waals surface area contributed by atoms with Crippen molar-refractivity contribution in [1.29, 1.82) is 0 Å². The zero-order chi connectivity index (χ0) is 12.6. The van der Waals surface area contributed by atoms with Crippen LogP contribution in [0.4, 0.5) is 0 Å². The molecule has 1 aliphatic rings. The van der Waals surface area contributed by atoms with Crippen LogP contribution in [-0.2, 0) is 4.79 Å². The van der Waals surface area contributed by atoms with Gasteiger partial charge in [0.25, 0.3) is 5.56 Å². The molecule has 0 aliphatic carbocycles. The van der Waals surface area contributed by atoms with Crippen LogP contribution in [0.1, 0.15) is 37.2 Å². The summed E-state index contributed by atoms with van der Waals surface area (Å²) >= 11 is 0. The van der Waals surface area contributed by atoms with Gasteiger partial charge in [0.05, 0.1) is 0 Å². The maximum Gasteiger partial charge on any atom is 0.328 e. The van der Waals surface area contributed by atoms with Crippen LogP contribution >= 0.6 is 0 Å². The molecule has 1 aliphatic heterocycles. The van der Waals surface area contributed by atoms with E-state index in [-0.39, 0.29) is 11.6 Å². The average molecular weight is 234 g/mol. The van der Waals surface area contributed by atoms with Crippen LogP contribution in [0.5, 0.6) is 0 Å². The Hall–Kier alpha value is -1.91. The van der Waals surface area contributed by atoms with Gasteiger partial charge in [-0.3, -0.25) is 9.36 Å². The quantitative estimate of drug-likeness (QED) is 0.745. The van der Waals surface area contributed by atoms with Gasteiger partial charge in [0.15, 0.2) is 0 Å². The molecule has 2 heterocycles. The molecule has 17 heavy (non-hydrogen) atoms. The fourth-order valence-corrected chi connectivity index (χ4v) is 2.10. The minimum Gasteiger partial charge on any atom is -0.478 e. The van der Waals surface area contributed by atoms with E-state index in [0.717, 1.165) is 12.5 Å². The number of fused-ring (bicyclic) bond motifs is 1. The van der Waals surface area contributed by atoms with Crippen LogP contribution in [0.25, 0.3) is 5.57 Å². The number of aliphatic carboxylic acids is 1. The molecule has 1 aromatic heterocycles. The third-order valence-corrected chi connectivity index (χ3v) is 3.02. The van der Waals surface area contributed by atoms with Gasteiger partial charge in [0.1, 0.15) is 5.82 Å². The summed E-state index contributed by atoms with van der Waals surface area (Å²) in [7, 11) is 0. The van der Waals surface area contributed by atoms with E-state index in [1.54, 1.807) is 11.5 Å². The van der Waals surface area contributed by atoms with Crippen LogP contribution < -0.4 is 5.56 Å². The number of carboxylic acid groups (broad SMARTS) is 1. The van der Waals surface area contributed by atoms with E-state index in [4.69, 9.17) is 5.11 Å². The van der Waals surface area contributed by atoms with Gasteiger partial charge in [0.2, 0.25) is 0 Å². The van der Waals surface area contributed by atoms with Crippen molar-refractivity contribution in [2.45, 2.75) is 32.7 Å². The van der Waals surface area contributed by atoms with Crippen LogP contribution in [0.3, 0.4) is 0 Å². The van der Waals surface area contributed by atoms with Crippen molar-refractivity contribution < 1.29 is 9.90 Å². The molecular formula is C12H14N2O3. The lowest BCUT2D eigenvalue weighted by atomic mass is 9.99. The zero-order valence-corrected chi connectivity index (χ0v) is 9.80. The van der Waals surface area contributed by atoms with Crippen LogP contribution in [0, 0.1) is 6.92 Å². The number of nitrogens with zero attached hydrogens (tertiary/aromatic N) is 2. The number of hydrogen-bond donors (Lipinski definition) is 1. The zero-order valence-electron chi connectivity index (χ0n) is 9.80. The number of hydrogen-bond acceptors (Lipinski definition) is 3. The maximum absolute atomic E-state index is 12.0. The van der Waals surface area contributed by atoms with Crippen molar-refractivity contribution in [2.24, 2.45) is 0 Å². The molecular weight excluding hydrogens is 220 g/mol. The second-order valence-corrected chi connectivity index (χ2v) is 4.34. The van der Waals surface area contributed by atoms with Crippen molar-refractivity contribution in [2.75, 3.05) is 0 Å². The molecule has 90 valence electrons. The van der Waals surface area contributed by atoms with Gasteiger partial charge in [-0.05, 0) is 26.7 Å². The summed E-state index contributed by atoms with van der Waals surface area (Å²) in [6.45, 7) is 3.66. The van der Waals surface area contributed by atoms with E-state index in [1.807, 2.05) is 6.92 Å². The molecule has 0 radical (unpaired) electrons. The molecule has 5 nitrogen and oxygen atoms in total. The minimum atomic E-state index is -1.00. The summed E-state index contributed by atoms with van der Waals surface area (Å²) < 4.78 is 1.59. The summed E-state index contributed by atoms with van der Waals surface area (Å²) in [6, 6.07) is 0.0656. The first-order valence-corrected chi connectivity index (χ1v) is 5.52. The van der Waals surface area contributed by atoms with E-state index in [1.165, 1.54) is 6.20 Å². The standard InChI is InChI=1S/C12H14N2O3/c1-7-6-13-11-9(5-10(15)16)4-3-8(2)14(11)12(7)17/h5-6,8H,3-4H2,1-2H3,(H,15,16)/b9-5+. The normalized spacial score (nSPS) is 21.3. The Kier molecular flexibility index (Phi) is 2.83. The average Bonchev–Trinajstić information content (AvgIpc) is 2.26. The largest absolute Gasteiger partial charge is 0.478 e. The Balaban J connectivity index is 2.66. The van der Waals surface area contributed by atoms with Crippen LogP contribution in [0.15, 0.2) is 17.1 Å². The predicted molar refractivity (Wildman–Crippen MR) is 62.8 cm³/mol. The highest BCUT2D eigenvalue weighted by Crippen LogP contribution is 2.29. The Morgan fingerprint density at radius 3 is 3.00 bits per heavy atom. The van der Waals surface area contributed by atoms with Crippen molar-refractivity contribution in [1.82, 2.24) is 9.55 Å². The minimum absolute atomic E-state index is 0.0656. The molecule has 0 amide bonds. The van der Waals surface area contributed by atoms with E-state index in [2.05, 4.69) is 4.98 Å². The lowest BCUT2D eigenvalue weighted by molar-refractivity contribution is -0.131. The van der Waals surface area contributed by atoms with E-state index < -0.39 is 5.97 Å². The second-order valence-electron chi connectivity index (χ2n) is 4.34. The highest BCUT2D eigenvalue weighted by molar-refractivity contribution is 5.89. The summed E-state index contributed by atoms with van der Waals surface area (Å²) in [5.41, 5.74) is 1.11. The molecule has 0 saturated heterocycles. The smallest absolute Gasteiger partial charge is 0.328 e. The molecule has 0 aromatic carbocycles. The highest BCUT2D eigenvalue weighted by Gasteiger charge is 2.23. The summed E-state index contributed by atoms with van der Waals surface area (Å²) in [5, 5.41) is 8.79. The molecule has 1 unspecified atom stereocenters. The fourth-order valence-electron chi connectivity index (χ4n) is 2.10. The molecule has 1 N–H and O–H groups in total. The number of carbonyl (C=O) groups is 1. The first-order chi connectivity index (χ1) is 8.00. The van der Waals surface area contributed by atoms with Gasteiger partial charge in [-0.25, -0.2) is 9.78 Å². The van der Waals surface area contributed by atoms with Gasteiger partial charge in [-0.15, -0.1) is 0 Å². The molecule has 0 bridgehead atoms. The number of aryl methyl sites for hydroxylation is 1. The van der Waals surface area contributed by atoms with E-state index in [0.29, 0.717) is 23.4 Å². The van der Waals surface area contributed by atoms with Gasteiger partial charge in [0, 0.05) is 29.5 Å². The Morgan fingerprint density at radius 1 is 1.65 bits per heavy atom. The molecule has 0 spiro atoms. The first-order valence-electron chi connectivity index (χ1n) is 5.52. The topological polar surface area (TPSA) is 72.2 Å². The number of allylic oxidation sites excluding steroid dienone is 1. The number of carboxylic acids is 1. The van der Waals surface area contributed by atoms with Crippen molar-refractivity contribution in [3.63, 3.8) is 0 Å². The summed E-state index contributed by atoms with van der Waals surface area (Å²) in [5.74, 6) is -0.516. The number of aromatic nitrogens is 2. The second kappa shape index (κ2) is 4.16. The van der Waals surface area contributed by atoms with Crippen molar-refractivity contribution in [3.05, 3.63) is 34.0 Å². The van der Waals surface area contributed by atoms with E-state index in [9.17, 15) is 9.59 Å². The van der Waals surface area contributed by atoms with Gasteiger partial charge in [-0.2, -0.15) is 0 Å². The molecule has 5 heteroatoms. The van der Waals surface area contributed by atoms with Gasteiger partial charge < -0.3 is 5.11 Å². The van der Waals surface area contributed by atoms with Crippen LogP contribution in [0.2, 0.25) is 0 Å². The third kappa shape index (κ3) is 2.00. The summed E-state index contributed by atoms with van der Waals surface area (Å²) in [4.78, 5) is 26.9. The van der Waals surface area contributed by atoms with Gasteiger partial charge >= 0.3 is 5.97 Å². The maximum atomic E-state index is 12.0. The SMILES string of the molecule is Cc1cnc2n(c1=O)C(C)CC/C2=C\C(=O)O. The predicted octanol–water partition coefficient (Wildman–Crippen LogP) is 1.37. The Bertz CT molecular complexity index is 557. The molecule has 1 aromatic rings. The first kappa shape index (κ1) is 11.6. The molecule has 2 rings (SSSR count). The fraction of sp³-hybridized carbons (Fsp3) is 0.417. The summed E-state index contributed by atoms with van der Waals surface area (Å²) in [6.07, 6.45) is 4.04. The molecule has 1 atom stereocenters. The molecule has 0 fully saturated rings. The number of rotatable bonds is 1. The van der Waals surface area contributed by atoms with E-state index >= 15 is 0 Å². The van der Waals surface area contributed by atoms with Crippen LogP contribution in [-0.4, -0.2) is 20.6 Å². The Morgan fingerprint density at radius 2 is 2.35 bits per heavy atom. The van der Waals surface area contributed by atoms with Crippen molar-refractivity contribution in [3.8, 4) is 0 Å². The lowest BCUT2D eigenvalue weighted by Crippen LogP contribution is -2.31.